The normalized spacial score (nSPS) is 10.8. The predicted molar refractivity (Wildman–Crippen MR) is 78.9 cm³/mol. The Labute approximate surface area is 127 Å². The summed E-state index contributed by atoms with van der Waals surface area (Å²) in [6, 6.07) is 1.77. The number of hydrogen-bond donors (Lipinski definition) is 0. The average molecular weight is 392 g/mol. The number of fused-ring (bicyclic) bond motifs is 1. The van der Waals surface area contributed by atoms with Gasteiger partial charge in [-0.1, -0.05) is 0 Å². The van der Waals surface area contributed by atoms with E-state index in [9.17, 15) is 4.79 Å². The highest BCUT2D eigenvalue weighted by atomic mass is 79.9. The molecule has 0 radical (unpaired) electrons. The summed E-state index contributed by atoms with van der Waals surface area (Å²) in [5, 5.41) is 0.663. The van der Waals surface area contributed by atoms with Crippen LogP contribution in [-0.2, 0) is 4.74 Å². The van der Waals surface area contributed by atoms with Gasteiger partial charge in [-0.3, -0.25) is 0 Å². The molecule has 0 unspecified atom stereocenters. The second kappa shape index (κ2) is 5.54. The fourth-order valence-corrected chi connectivity index (χ4v) is 3.52. The van der Waals surface area contributed by atoms with Crippen LogP contribution in [0.3, 0.4) is 0 Å². The van der Waals surface area contributed by atoms with Crippen molar-refractivity contribution in [3.8, 4) is 5.75 Å². The number of halogens is 2. The first-order valence-corrected chi connectivity index (χ1v) is 7.22. The Hall–Kier alpha value is -1.01. The van der Waals surface area contributed by atoms with Gasteiger partial charge < -0.3 is 13.9 Å². The minimum Gasteiger partial charge on any atom is -0.494 e. The van der Waals surface area contributed by atoms with Crippen LogP contribution < -0.4 is 4.74 Å². The summed E-state index contributed by atoms with van der Waals surface area (Å²) in [6.45, 7) is 3.82. The maximum atomic E-state index is 12.0. The largest absolute Gasteiger partial charge is 0.494 e. The Morgan fingerprint density at radius 2 is 2.11 bits per heavy atom. The summed E-state index contributed by atoms with van der Waals surface area (Å²) in [5.41, 5.74) is 1.02. The van der Waals surface area contributed by atoms with Crippen molar-refractivity contribution in [2.24, 2.45) is 0 Å². The molecule has 2 rings (SSSR count). The molecule has 102 valence electrons. The lowest BCUT2D eigenvalue weighted by Crippen LogP contribution is -2.05. The summed E-state index contributed by atoms with van der Waals surface area (Å²) in [6.07, 6.45) is 0. The molecule has 0 spiro atoms. The Morgan fingerprint density at radius 1 is 1.42 bits per heavy atom. The van der Waals surface area contributed by atoms with E-state index in [0.717, 1.165) is 4.47 Å². The number of rotatable bonds is 3. The van der Waals surface area contributed by atoms with Gasteiger partial charge in [-0.25, -0.2) is 4.79 Å². The van der Waals surface area contributed by atoms with E-state index in [2.05, 4.69) is 31.9 Å². The van der Waals surface area contributed by atoms with Gasteiger partial charge in [0.2, 0.25) is 0 Å². The minimum atomic E-state index is -0.399. The number of carbonyl (C=O) groups excluding carboxylic acids is 1. The highest BCUT2D eigenvalue weighted by Crippen LogP contribution is 2.42. The minimum absolute atomic E-state index is 0.316. The van der Waals surface area contributed by atoms with Crippen molar-refractivity contribution in [1.82, 2.24) is 0 Å². The van der Waals surface area contributed by atoms with E-state index in [1.54, 1.807) is 27.0 Å². The second-order valence-electron chi connectivity index (χ2n) is 3.83. The third kappa shape index (κ3) is 2.39. The maximum Gasteiger partial charge on any atom is 0.342 e. The molecule has 0 aliphatic heterocycles. The summed E-state index contributed by atoms with van der Waals surface area (Å²) in [4.78, 5) is 12.0. The number of benzene rings is 1. The fourth-order valence-electron chi connectivity index (χ4n) is 1.92. The molecule has 0 N–H and O–H groups in total. The zero-order valence-electron chi connectivity index (χ0n) is 10.7. The molecule has 6 heteroatoms. The van der Waals surface area contributed by atoms with Gasteiger partial charge in [0.15, 0.2) is 0 Å². The van der Waals surface area contributed by atoms with Gasteiger partial charge in [0.25, 0.3) is 0 Å². The fraction of sp³-hybridized carbons (Fsp3) is 0.308. The van der Waals surface area contributed by atoms with Gasteiger partial charge in [-0.05, 0) is 51.8 Å². The summed E-state index contributed by atoms with van der Waals surface area (Å²) in [7, 11) is 1.56. The van der Waals surface area contributed by atoms with E-state index < -0.39 is 5.97 Å². The number of furan rings is 1. The van der Waals surface area contributed by atoms with Gasteiger partial charge in [-0.15, -0.1) is 0 Å². The standard InChI is InChI=1S/C13H12Br2O4/c1-4-18-13(16)9-6(2)19-8-5-7(14)12(17-3)11(15)10(8)9/h5H,4H2,1-3H3. The van der Waals surface area contributed by atoms with E-state index in [0.29, 0.717) is 39.1 Å². The first kappa shape index (κ1) is 14.4. The van der Waals surface area contributed by atoms with Crippen LogP contribution in [0.15, 0.2) is 19.4 Å². The number of carbonyl (C=O) groups is 1. The molecule has 0 aliphatic rings. The van der Waals surface area contributed by atoms with E-state index in [1.807, 2.05) is 0 Å². The summed E-state index contributed by atoms with van der Waals surface area (Å²) < 4.78 is 17.4. The summed E-state index contributed by atoms with van der Waals surface area (Å²) >= 11 is 6.85. The molecule has 2 aromatic rings. The number of hydrogen-bond acceptors (Lipinski definition) is 4. The molecular formula is C13H12Br2O4. The van der Waals surface area contributed by atoms with Crippen molar-refractivity contribution in [2.75, 3.05) is 13.7 Å². The first-order chi connectivity index (χ1) is 9.01. The van der Waals surface area contributed by atoms with Crippen LogP contribution in [0.5, 0.6) is 5.75 Å². The third-order valence-corrected chi connectivity index (χ3v) is 4.03. The monoisotopic (exact) mass is 390 g/mol. The molecule has 4 nitrogen and oxygen atoms in total. The molecule has 0 saturated heterocycles. The van der Waals surface area contributed by atoms with E-state index >= 15 is 0 Å². The highest BCUT2D eigenvalue weighted by Gasteiger charge is 2.24. The quantitative estimate of drug-likeness (QED) is 0.725. The molecular weight excluding hydrogens is 380 g/mol. The lowest BCUT2D eigenvalue weighted by Gasteiger charge is -2.07. The van der Waals surface area contributed by atoms with Crippen molar-refractivity contribution in [3.63, 3.8) is 0 Å². The van der Waals surface area contributed by atoms with Crippen LogP contribution in [0.1, 0.15) is 23.0 Å². The predicted octanol–water partition coefficient (Wildman–Crippen LogP) is 4.45. The second-order valence-corrected chi connectivity index (χ2v) is 5.48. The van der Waals surface area contributed by atoms with Gasteiger partial charge in [0, 0.05) is 0 Å². The van der Waals surface area contributed by atoms with Crippen molar-refractivity contribution in [1.29, 1.82) is 0 Å². The molecule has 1 heterocycles. The molecule has 0 amide bonds. The summed E-state index contributed by atoms with van der Waals surface area (Å²) in [5.74, 6) is 0.733. The van der Waals surface area contributed by atoms with Crippen LogP contribution in [0.2, 0.25) is 0 Å². The van der Waals surface area contributed by atoms with Crippen LogP contribution in [-0.4, -0.2) is 19.7 Å². The SMILES string of the molecule is CCOC(=O)c1c(C)oc2cc(Br)c(OC)c(Br)c12. The lowest BCUT2D eigenvalue weighted by molar-refractivity contribution is 0.0526. The van der Waals surface area contributed by atoms with Crippen molar-refractivity contribution < 1.29 is 18.7 Å². The number of aryl methyl sites for hydroxylation is 1. The average Bonchev–Trinajstić information content (AvgIpc) is 2.66. The molecule has 0 aliphatic carbocycles. The Kier molecular flexibility index (Phi) is 4.20. The topological polar surface area (TPSA) is 48.7 Å². The van der Waals surface area contributed by atoms with Crippen LogP contribution in [0.4, 0.5) is 0 Å². The number of esters is 1. The Balaban J connectivity index is 2.78. The van der Waals surface area contributed by atoms with Crippen LogP contribution in [0, 0.1) is 6.92 Å². The molecule has 0 saturated carbocycles. The third-order valence-electron chi connectivity index (χ3n) is 2.69. The van der Waals surface area contributed by atoms with Gasteiger partial charge >= 0.3 is 5.97 Å². The van der Waals surface area contributed by atoms with E-state index in [4.69, 9.17) is 13.9 Å². The smallest absolute Gasteiger partial charge is 0.342 e. The van der Waals surface area contributed by atoms with Crippen molar-refractivity contribution >= 4 is 48.8 Å². The molecule has 1 aromatic heterocycles. The first-order valence-electron chi connectivity index (χ1n) is 5.63. The number of ether oxygens (including phenoxy) is 2. The molecule has 0 fully saturated rings. The van der Waals surface area contributed by atoms with E-state index in [1.165, 1.54) is 0 Å². The maximum absolute atomic E-state index is 12.0. The van der Waals surface area contributed by atoms with E-state index in [-0.39, 0.29) is 0 Å². The van der Waals surface area contributed by atoms with Crippen LogP contribution >= 0.6 is 31.9 Å². The van der Waals surface area contributed by atoms with Crippen molar-refractivity contribution in [3.05, 3.63) is 26.3 Å². The Morgan fingerprint density at radius 3 is 2.68 bits per heavy atom. The zero-order chi connectivity index (χ0) is 14.2. The highest BCUT2D eigenvalue weighted by molar-refractivity contribution is 9.11. The molecule has 0 atom stereocenters. The van der Waals surface area contributed by atoms with Gasteiger partial charge in [-0.2, -0.15) is 0 Å². The van der Waals surface area contributed by atoms with Crippen LogP contribution in [0.25, 0.3) is 11.0 Å². The van der Waals surface area contributed by atoms with Crippen molar-refractivity contribution in [2.45, 2.75) is 13.8 Å². The number of methoxy groups -OCH3 is 1. The molecule has 1 aromatic carbocycles. The zero-order valence-corrected chi connectivity index (χ0v) is 13.8. The van der Waals surface area contributed by atoms with Gasteiger partial charge in [0.05, 0.1) is 28.0 Å². The Bertz CT molecular complexity index is 646. The van der Waals surface area contributed by atoms with Gasteiger partial charge in [0.1, 0.15) is 22.7 Å². The molecule has 0 bridgehead atoms. The molecule has 19 heavy (non-hydrogen) atoms. The lowest BCUT2D eigenvalue weighted by atomic mass is 10.1.